The van der Waals surface area contributed by atoms with Gasteiger partial charge in [-0.25, -0.2) is 9.67 Å². The molecule has 0 saturated carbocycles. The number of fused-ring (bicyclic) bond motifs is 6. The molecule has 0 fully saturated rings. The number of nitrogens with zero attached hydrogens (tertiary/aromatic N) is 5. The van der Waals surface area contributed by atoms with Crippen LogP contribution in [0.1, 0.15) is 36.8 Å². The number of para-hydroxylation sites is 2. The summed E-state index contributed by atoms with van der Waals surface area (Å²) in [6.07, 6.45) is 5.87. The van der Waals surface area contributed by atoms with Gasteiger partial charge in [0.1, 0.15) is 5.65 Å². The van der Waals surface area contributed by atoms with Gasteiger partial charge in [0.05, 0.1) is 28.1 Å². The molecule has 0 spiro atoms. The van der Waals surface area contributed by atoms with Gasteiger partial charge >= 0.3 is 0 Å². The number of imidazole rings is 1. The second kappa shape index (κ2) is 7.85. The quantitative estimate of drug-likeness (QED) is 0.309. The van der Waals surface area contributed by atoms with Crippen LogP contribution in [0.15, 0.2) is 85.2 Å². The molecule has 5 heteroatoms. The Balaban J connectivity index is 1.38. The molecule has 33 heavy (non-hydrogen) atoms. The standard InChI is InChI=1S/C28H25N5/c1-19(2)25-15-14-24-27(30-25)23-10-6-7-11-26(23)32-18-21(29-28(24)32)13-12-20-16-17-33(31-20)22-8-4-3-5-9-22/h3-11,14-19H,12-13H2,1-2H3. The maximum absolute atomic E-state index is 5.03. The number of benzene rings is 2. The number of rotatable bonds is 5. The van der Waals surface area contributed by atoms with E-state index in [-0.39, 0.29) is 0 Å². The van der Waals surface area contributed by atoms with E-state index in [9.17, 15) is 0 Å². The van der Waals surface area contributed by atoms with Crippen LogP contribution in [0.4, 0.5) is 0 Å². The lowest BCUT2D eigenvalue weighted by atomic mass is 10.1. The lowest BCUT2D eigenvalue weighted by Crippen LogP contribution is -1.97. The minimum Gasteiger partial charge on any atom is -0.299 e. The minimum atomic E-state index is 0.385. The second-order valence-electron chi connectivity index (χ2n) is 8.82. The highest BCUT2D eigenvalue weighted by molar-refractivity contribution is 6.09. The number of pyridine rings is 2. The van der Waals surface area contributed by atoms with Crippen LogP contribution < -0.4 is 0 Å². The number of aromatic nitrogens is 5. The van der Waals surface area contributed by atoms with Crippen molar-refractivity contribution in [1.29, 1.82) is 0 Å². The molecule has 6 rings (SSSR count). The van der Waals surface area contributed by atoms with Crippen LogP contribution in [0.25, 0.3) is 33.1 Å². The summed E-state index contributed by atoms with van der Waals surface area (Å²) in [5, 5.41) is 7.00. The Hall–Kier alpha value is -3.99. The highest BCUT2D eigenvalue weighted by Crippen LogP contribution is 2.29. The summed E-state index contributed by atoms with van der Waals surface area (Å²) in [5.74, 6) is 0.385. The van der Waals surface area contributed by atoms with E-state index in [0.29, 0.717) is 5.92 Å². The predicted molar refractivity (Wildman–Crippen MR) is 133 cm³/mol. The molecule has 2 aromatic carbocycles. The SMILES string of the molecule is CC(C)c1ccc2c(n1)c1ccccc1n1cc(CCc3ccn(-c4ccccc4)n3)nc21. The first-order chi connectivity index (χ1) is 16.2. The van der Waals surface area contributed by atoms with Gasteiger partial charge in [0.25, 0.3) is 0 Å². The van der Waals surface area contributed by atoms with Gasteiger partial charge in [0.2, 0.25) is 0 Å². The Morgan fingerprint density at radius 2 is 1.55 bits per heavy atom. The van der Waals surface area contributed by atoms with E-state index in [1.165, 1.54) is 0 Å². The molecule has 4 heterocycles. The molecule has 0 bridgehead atoms. The maximum atomic E-state index is 5.03. The number of hydrogen-bond acceptors (Lipinski definition) is 3. The summed E-state index contributed by atoms with van der Waals surface area (Å²) in [5.41, 5.74) is 7.45. The lowest BCUT2D eigenvalue weighted by molar-refractivity contribution is 0.811. The molecule has 0 aliphatic rings. The van der Waals surface area contributed by atoms with Gasteiger partial charge in [-0.3, -0.25) is 9.38 Å². The van der Waals surface area contributed by atoms with Gasteiger partial charge < -0.3 is 0 Å². The average Bonchev–Trinajstić information content (AvgIpc) is 3.51. The first-order valence-corrected chi connectivity index (χ1v) is 11.5. The van der Waals surface area contributed by atoms with Gasteiger partial charge in [0, 0.05) is 28.9 Å². The monoisotopic (exact) mass is 431 g/mol. The fourth-order valence-electron chi connectivity index (χ4n) is 4.46. The summed E-state index contributed by atoms with van der Waals surface area (Å²) in [6.45, 7) is 4.36. The van der Waals surface area contributed by atoms with Crippen LogP contribution in [0.2, 0.25) is 0 Å². The zero-order valence-corrected chi connectivity index (χ0v) is 18.8. The van der Waals surface area contributed by atoms with Crippen molar-refractivity contribution in [3.05, 3.63) is 102 Å². The van der Waals surface area contributed by atoms with Crippen molar-refractivity contribution < 1.29 is 0 Å². The zero-order valence-electron chi connectivity index (χ0n) is 18.8. The van der Waals surface area contributed by atoms with Crippen molar-refractivity contribution in [2.75, 3.05) is 0 Å². The van der Waals surface area contributed by atoms with E-state index < -0.39 is 0 Å². The smallest absolute Gasteiger partial charge is 0.147 e. The van der Waals surface area contributed by atoms with Crippen molar-refractivity contribution in [1.82, 2.24) is 24.1 Å². The lowest BCUT2D eigenvalue weighted by Gasteiger charge is -2.10. The van der Waals surface area contributed by atoms with Crippen molar-refractivity contribution in [2.45, 2.75) is 32.6 Å². The first-order valence-electron chi connectivity index (χ1n) is 11.5. The summed E-state index contributed by atoms with van der Waals surface area (Å²) < 4.78 is 4.14. The van der Waals surface area contributed by atoms with Gasteiger partial charge in [0.15, 0.2) is 0 Å². The van der Waals surface area contributed by atoms with E-state index in [4.69, 9.17) is 15.1 Å². The van der Waals surface area contributed by atoms with Crippen LogP contribution in [-0.4, -0.2) is 24.1 Å². The summed E-state index contributed by atoms with van der Waals surface area (Å²) in [4.78, 5) is 10.1. The molecular formula is C28H25N5. The van der Waals surface area contributed by atoms with Crippen LogP contribution in [0.5, 0.6) is 0 Å². The van der Waals surface area contributed by atoms with E-state index in [2.05, 4.69) is 79.0 Å². The number of hydrogen-bond donors (Lipinski definition) is 0. The highest BCUT2D eigenvalue weighted by Gasteiger charge is 2.14. The van der Waals surface area contributed by atoms with Crippen molar-refractivity contribution >= 4 is 27.5 Å². The molecule has 162 valence electrons. The molecule has 0 aliphatic heterocycles. The highest BCUT2D eigenvalue weighted by atomic mass is 15.3. The Morgan fingerprint density at radius 3 is 2.39 bits per heavy atom. The molecule has 0 saturated heterocycles. The third-order valence-corrected chi connectivity index (χ3v) is 6.23. The summed E-state index contributed by atoms with van der Waals surface area (Å²) in [7, 11) is 0. The average molecular weight is 432 g/mol. The predicted octanol–water partition coefficient (Wildman–Crippen LogP) is 6.13. The van der Waals surface area contributed by atoms with Crippen molar-refractivity contribution in [3.63, 3.8) is 0 Å². The number of aryl methyl sites for hydroxylation is 2. The molecule has 0 atom stereocenters. The minimum absolute atomic E-state index is 0.385. The molecular weight excluding hydrogens is 406 g/mol. The molecule has 0 amide bonds. The zero-order chi connectivity index (χ0) is 22.4. The van der Waals surface area contributed by atoms with E-state index >= 15 is 0 Å². The molecule has 4 aromatic heterocycles. The van der Waals surface area contributed by atoms with Gasteiger partial charge in [-0.2, -0.15) is 5.10 Å². The molecule has 0 radical (unpaired) electrons. The van der Waals surface area contributed by atoms with E-state index in [1.54, 1.807) is 0 Å². The second-order valence-corrected chi connectivity index (χ2v) is 8.82. The Morgan fingerprint density at radius 1 is 0.758 bits per heavy atom. The molecule has 5 nitrogen and oxygen atoms in total. The van der Waals surface area contributed by atoms with Crippen molar-refractivity contribution in [3.8, 4) is 5.69 Å². The summed E-state index contributed by atoms with van der Waals surface area (Å²) >= 11 is 0. The largest absolute Gasteiger partial charge is 0.299 e. The normalized spacial score (nSPS) is 11.8. The Kier molecular flexibility index (Phi) is 4.68. The third-order valence-electron chi connectivity index (χ3n) is 6.23. The van der Waals surface area contributed by atoms with Crippen molar-refractivity contribution in [2.24, 2.45) is 0 Å². The van der Waals surface area contributed by atoms with E-state index in [1.807, 2.05) is 29.1 Å². The van der Waals surface area contributed by atoms with Crippen LogP contribution in [0.3, 0.4) is 0 Å². The fourth-order valence-corrected chi connectivity index (χ4v) is 4.46. The third kappa shape index (κ3) is 3.46. The Labute approximate surface area is 192 Å². The van der Waals surface area contributed by atoms with Gasteiger partial charge in [-0.15, -0.1) is 0 Å². The molecule has 0 aliphatic carbocycles. The Bertz CT molecular complexity index is 1590. The summed E-state index contributed by atoms with van der Waals surface area (Å²) in [6, 6.07) is 25.1. The van der Waals surface area contributed by atoms with E-state index in [0.717, 1.165) is 63.1 Å². The van der Waals surface area contributed by atoms with Crippen LogP contribution >= 0.6 is 0 Å². The maximum Gasteiger partial charge on any atom is 0.147 e. The molecule has 6 aromatic rings. The van der Waals surface area contributed by atoms with Gasteiger partial charge in [-0.05, 0) is 55.2 Å². The molecule has 0 unspecified atom stereocenters. The topological polar surface area (TPSA) is 48.0 Å². The van der Waals surface area contributed by atoms with Crippen LogP contribution in [0, 0.1) is 0 Å². The van der Waals surface area contributed by atoms with Gasteiger partial charge in [-0.1, -0.05) is 50.2 Å². The first kappa shape index (κ1) is 19.7. The fraction of sp³-hybridized carbons (Fsp3) is 0.179. The van der Waals surface area contributed by atoms with Crippen LogP contribution in [-0.2, 0) is 12.8 Å². The molecule has 0 N–H and O–H groups in total.